The van der Waals surface area contributed by atoms with Gasteiger partial charge in [0.15, 0.2) is 0 Å². The highest BCUT2D eigenvalue weighted by Crippen LogP contribution is 2.07. The number of nitrogen functional groups attached to an aromatic ring is 1. The maximum atomic E-state index is 12.0. The highest BCUT2D eigenvalue weighted by molar-refractivity contribution is 5.94. The van der Waals surface area contributed by atoms with Gasteiger partial charge in [-0.15, -0.1) is 0 Å². The number of hydrogen-bond donors (Lipinski definition) is 2. The summed E-state index contributed by atoms with van der Waals surface area (Å²) in [5.74, 6) is 0.418. The molecule has 1 aromatic rings. The Labute approximate surface area is 88.3 Å². The standard InChI is InChI=1S/C10H14N4O/c11-9-7-8(1-2-13-9)10(15)14-5-3-12-4-6-14/h1-2,7,12H,3-6H2,(H2,11,13). The highest BCUT2D eigenvalue weighted by Gasteiger charge is 2.17. The first kappa shape index (κ1) is 9.92. The van der Waals surface area contributed by atoms with Gasteiger partial charge in [0.2, 0.25) is 0 Å². The lowest BCUT2D eigenvalue weighted by molar-refractivity contribution is 0.0736. The van der Waals surface area contributed by atoms with Crippen molar-refractivity contribution < 1.29 is 4.79 Å². The molecule has 0 bridgehead atoms. The molecule has 2 rings (SSSR count). The molecule has 1 saturated heterocycles. The molecule has 0 spiro atoms. The molecular formula is C10H14N4O. The molecule has 1 fully saturated rings. The van der Waals surface area contributed by atoms with Gasteiger partial charge in [-0.1, -0.05) is 0 Å². The third kappa shape index (κ3) is 2.24. The van der Waals surface area contributed by atoms with Crippen molar-refractivity contribution in [1.82, 2.24) is 15.2 Å². The predicted molar refractivity (Wildman–Crippen MR) is 57.4 cm³/mol. The van der Waals surface area contributed by atoms with E-state index in [1.165, 1.54) is 0 Å². The van der Waals surface area contributed by atoms with Gasteiger partial charge in [0.1, 0.15) is 5.82 Å². The molecule has 0 saturated carbocycles. The lowest BCUT2D eigenvalue weighted by Crippen LogP contribution is -2.46. The summed E-state index contributed by atoms with van der Waals surface area (Å²) in [6.07, 6.45) is 1.56. The van der Waals surface area contributed by atoms with Crippen molar-refractivity contribution in [2.45, 2.75) is 0 Å². The number of carbonyl (C=O) groups is 1. The van der Waals surface area contributed by atoms with Crippen LogP contribution in [0.4, 0.5) is 5.82 Å². The molecule has 1 aliphatic heterocycles. The molecule has 2 heterocycles. The largest absolute Gasteiger partial charge is 0.384 e. The van der Waals surface area contributed by atoms with Crippen molar-refractivity contribution in [2.75, 3.05) is 31.9 Å². The van der Waals surface area contributed by atoms with Gasteiger partial charge < -0.3 is 16.0 Å². The molecule has 1 aromatic heterocycles. The molecule has 5 heteroatoms. The Morgan fingerprint density at radius 1 is 1.47 bits per heavy atom. The number of carbonyl (C=O) groups excluding carboxylic acids is 1. The summed E-state index contributed by atoms with van der Waals surface area (Å²) < 4.78 is 0. The van der Waals surface area contributed by atoms with Crippen LogP contribution in [0.15, 0.2) is 18.3 Å². The van der Waals surface area contributed by atoms with Gasteiger partial charge in [-0.2, -0.15) is 0 Å². The van der Waals surface area contributed by atoms with Crippen LogP contribution in [0.3, 0.4) is 0 Å². The monoisotopic (exact) mass is 206 g/mol. The van der Waals surface area contributed by atoms with E-state index in [-0.39, 0.29) is 5.91 Å². The third-order valence-corrected chi connectivity index (χ3v) is 2.43. The zero-order chi connectivity index (χ0) is 10.7. The van der Waals surface area contributed by atoms with Gasteiger partial charge in [-0.05, 0) is 12.1 Å². The maximum absolute atomic E-state index is 12.0. The molecule has 5 nitrogen and oxygen atoms in total. The molecule has 0 atom stereocenters. The van der Waals surface area contributed by atoms with Crippen LogP contribution in [0.1, 0.15) is 10.4 Å². The Balaban J connectivity index is 2.12. The van der Waals surface area contributed by atoms with E-state index in [9.17, 15) is 4.79 Å². The first-order valence-corrected chi connectivity index (χ1v) is 4.99. The average Bonchev–Trinajstić information content (AvgIpc) is 2.29. The molecule has 0 unspecified atom stereocenters. The van der Waals surface area contributed by atoms with E-state index >= 15 is 0 Å². The van der Waals surface area contributed by atoms with Gasteiger partial charge in [0.05, 0.1) is 0 Å². The number of nitrogens with zero attached hydrogens (tertiary/aromatic N) is 2. The summed E-state index contributed by atoms with van der Waals surface area (Å²) in [6.45, 7) is 3.21. The van der Waals surface area contributed by atoms with Gasteiger partial charge in [-0.25, -0.2) is 4.98 Å². The van der Waals surface area contributed by atoms with E-state index < -0.39 is 0 Å². The smallest absolute Gasteiger partial charge is 0.254 e. The Hall–Kier alpha value is -1.62. The number of aromatic nitrogens is 1. The quantitative estimate of drug-likeness (QED) is 0.662. The maximum Gasteiger partial charge on any atom is 0.254 e. The fourth-order valence-corrected chi connectivity index (χ4v) is 1.63. The van der Waals surface area contributed by atoms with E-state index in [0.29, 0.717) is 11.4 Å². The zero-order valence-corrected chi connectivity index (χ0v) is 8.44. The summed E-state index contributed by atoms with van der Waals surface area (Å²) >= 11 is 0. The van der Waals surface area contributed by atoms with E-state index in [1.54, 1.807) is 18.3 Å². The number of nitrogens with two attached hydrogens (primary N) is 1. The third-order valence-electron chi connectivity index (χ3n) is 2.43. The van der Waals surface area contributed by atoms with Crippen LogP contribution in [-0.4, -0.2) is 42.0 Å². The number of pyridine rings is 1. The Morgan fingerprint density at radius 2 is 2.20 bits per heavy atom. The van der Waals surface area contributed by atoms with Crippen LogP contribution in [0.25, 0.3) is 0 Å². The fourth-order valence-electron chi connectivity index (χ4n) is 1.63. The van der Waals surface area contributed by atoms with Crippen molar-refractivity contribution in [1.29, 1.82) is 0 Å². The summed E-state index contributed by atoms with van der Waals surface area (Å²) in [7, 11) is 0. The van der Waals surface area contributed by atoms with E-state index in [0.717, 1.165) is 26.2 Å². The zero-order valence-electron chi connectivity index (χ0n) is 8.44. The minimum Gasteiger partial charge on any atom is -0.384 e. The molecule has 0 radical (unpaired) electrons. The Morgan fingerprint density at radius 3 is 2.87 bits per heavy atom. The van der Waals surface area contributed by atoms with Crippen LogP contribution in [0, 0.1) is 0 Å². The molecular weight excluding hydrogens is 192 g/mol. The summed E-state index contributed by atoms with van der Waals surface area (Å²) in [5.41, 5.74) is 6.15. The number of hydrogen-bond acceptors (Lipinski definition) is 4. The van der Waals surface area contributed by atoms with Crippen molar-refractivity contribution in [2.24, 2.45) is 0 Å². The van der Waals surface area contributed by atoms with E-state index in [4.69, 9.17) is 5.73 Å². The van der Waals surface area contributed by atoms with Gasteiger partial charge >= 0.3 is 0 Å². The number of piperazine rings is 1. The normalized spacial score (nSPS) is 16.4. The number of rotatable bonds is 1. The molecule has 1 amide bonds. The molecule has 80 valence electrons. The van der Waals surface area contributed by atoms with Crippen LogP contribution < -0.4 is 11.1 Å². The molecule has 0 aromatic carbocycles. The summed E-state index contributed by atoms with van der Waals surface area (Å²) in [6, 6.07) is 3.31. The summed E-state index contributed by atoms with van der Waals surface area (Å²) in [4.78, 5) is 17.7. The number of anilines is 1. The molecule has 3 N–H and O–H groups in total. The lowest BCUT2D eigenvalue weighted by atomic mass is 10.2. The topological polar surface area (TPSA) is 71.2 Å². The fraction of sp³-hybridized carbons (Fsp3) is 0.400. The van der Waals surface area contributed by atoms with Gasteiger partial charge in [-0.3, -0.25) is 4.79 Å². The molecule has 1 aliphatic rings. The van der Waals surface area contributed by atoms with Crippen LogP contribution in [0.2, 0.25) is 0 Å². The second-order valence-electron chi connectivity index (χ2n) is 3.51. The Kier molecular flexibility index (Phi) is 2.82. The Bertz CT molecular complexity index is 360. The van der Waals surface area contributed by atoms with E-state index in [1.807, 2.05) is 4.90 Å². The minimum absolute atomic E-state index is 0.0330. The molecule has 15 heavy (non-hydrogen) atoms. The number of amides is 1. The number of nitrogens with one attached hydrogen (secondary N) is 1. The first-order valence-electron chi connectivity index (χ1n) is 4.99. The van der Waals surface area contributed by atoms with Crippen molar-refractivity contribution in [3.63, 3.8) is 0 Å². The minimum atomic E-state index is 0.0330. The summed E-state index contributed by atoms with van der Waals surface area (Å²) in [5, 5.41) is 3.20. The first-order chi connectivity index (χ1) is 7.27. The SMILES string of the molecule is Nc1cc(C(=O)N2CCNCC2)ccn1. The van der Waals surface area contributed by atoms with E-state index in [2.05, 4.69) is 10.3 Å². The lowest BCUT2D eigenvalue weighted by Gasteiger charge is -2.27. The van der Waals surface area contributed by atoms with Crippen molar-refractivity contribution in [3.05, 3.63) is 23.9 Å². The van der Waals surface area contributed by atoms with Gasteiger partial charge in [0, 0.05) is 37.9 Å². The average molecular weight is 206 g/mol. The predicted octanol–water partition coefficient (Wildman–Crippen LogP) is -0.291. The second-order valence-corrected chi connectivity index (χ2v) is 3.51. The van der Waals surface area contributed by atoms with Crippen LogP contribution in [-0.2, 0) is 0 Å². The highest BCUT2D eigenvalue weighted by atomic mass is 16.2. The molecule has 0 aliphatic carbocycles. The van der Waals surface area contributed by atoms with Crippen LogP contribution in [0.5, 0.6) is 0 Å². The van der Waals surface area contributed by atoms with Crippen LogP contribution >= 0.6 is 0 Å². The van der Waals surface area contributed by atoms with Crippen molar-refractivity contribution >= 4 is 11.7 Å². The van der Waals surface area contributed by atoms with Crippen molar-refractivity contribution in [3.8, 4) is 0 Å². The van der Waals surface area contributed by atoms with Gasteiger partial charge in [0.25, 0.3) is 5.91 Å². The second kappa shape index (κ2) is 4.27.